The third-order valence-corrected chi connectivity index (χ3v) is 5.26. The summed E-state index contributed by atoms with van der Waals surface area (Å²) >= 11 is 0. The van der Waals surface area contributed by atoms with E-state index in [1.54, 1.807) is 12.1 Å². The Morgan fingerprint density at radius 2 is 1.68 bits per heavy atom. The molecule has 2 saturated heterocycles. The van der Waals surface area contributed by atoms with E-state index in [2.05, 4.69) is 25.0 Å². The molecule has 3 heterocycles. The first-order chi connectivity index (χ1) is 13.7. The average molecular weight is 392 g/mol. The van der Waals surface area contributed by atoms with Gasteiger partial charge in [0.2, 0.25) is 0 Å². The highest BCUT2D eigenvalue weighted by Crippen LogP contribution is 2.08. The molecule has 0 radical (unpaired) electrons. The second-order valence-electron chi connectivity index (χ2n) is 7.24. The lowest BCUT2D eigenvalue weighted by molar-refractivity contribution is 0.0689. The van der Waals surface area contributed by atoms with Crippen LogP contribution in [0.1, 0.15) is 42.9 Å². The van der Waals surface area contributed by atoms with Gasteiger partial charge in [-0.15, -0.1) is 0 Å². The number of hydrogen-bond acceptors (Lipinski definition) is 6. The normalized spacial score (nSPS) is 24.6. The largest absolute Gasteiger partial charge is 0.477 e. The van der Waals surface area contributed by atoms with Crippen molar-refractivity contribution in [3.05, 3.63) is 29.6 Å². The quantitative estimate of drug-likeness (QED) is 0.811. The van der Waals surface area contributed by atoms with Crippen molar-refractivity contribution in [2.45, 2.75) is 33.2 Å². The number of aromatic nitrogens is 1. The lowest BCUT2D eigenvalue weighted by Crippen LogP contribution is -2.46. The Labute approximate surface area is 169 Å². The summed E-state index contributed by atoms with van der Waals surface area (Å²) in [5, 5.41) is 12.7. The molecule has 28 heavy (non-hydrogen) atoms. The van der Waals surface area contributed by atoms with Gasteiger partial charge in [-0.3, -0.25) is 4.90 Å². The van der Waals surface area contributed by atoms with E-state index in [-0.39, 0.29) is 5.69 Å². The summed E-state index contributed by atoms with van der Waals surface area (Å²) in [6, 6.07) is 5.28. The molecule has 0 amide bonds. The third kappa shape index (κ3) is 7.83. The zero-order chi connectivity index (χ0) is 20.2. The zero-order valence-electron chi connectivity index (χ0n) is 17.6. The van der Waals surface area contributed by atoms with Gasteiger partial charge in [0.15, 0.2) is 0 Å². The molecule has 0 aliphatic carbocycles. The fraction of sp³-hybridized carbons (Fsp3) is 0.714. The van der Waals surface area contributed by atoms with E-state index in [0.717, 1.165) is 84.1 Å². The summed E-state index contributed by atoms with van der Waals surface area (Å²) in [5.41, 5.74) is 0.974. The molecular weight excluding hydrogens is 354 g/mol. The van der Waals surface area contributed by atoms with Gasteiger partial charge in [-0.25, -0.2) is 9.78 Å². The highest BCUT2D eigenvalue weighted by atomic mass is 16.4. The van der Waals surface area contributed by atoms with Crippen molar-refractivity contribution in [1.82, 2.24) is 25.0 Å². The van der Waals surface area contributed by atoms with Crippen LogP contribution >= 0.6 is 0 Å². The Kier molecular flexibility index (Phi) is 10.4. The van der Waals surface area contributed by atoms with Gasteiger partial charge >= 0.3 is 5.97 Å². The molecule has 1 aromatic rings. The summed E-state index contributed by atoms with van der Waals surface area (Å²) < 4.78 is 0. The molecule has 7 nitrogen and oxygen atoms in total. The van der Waals surface area contributed by atoms with Gasteiger partial charge < -0.3 is 20.2 Å². The number of carboxylic acids is 1. The van der Waals surface area contributed by atoms with Crippen molar-refractivity contribution in [2.75, 3.05) is 65.4 Å². The van der Waals surface area contributed by atoms with Crippen LogP contribution in [0.2, 0.25) is 0 Å². The SMILES string of the molecule is CC.O=C(O)c1cccc(CN2CCCN3CCNCCCN(CC3)CC2)n1. The number of carboxylic acid groups (broad SMARTS) is 1. The van der Waals surface area contributed by atoms with Crippen LogP contribution in [0.4, 0.5) is 0 Å². The van der Waals surface area contributed by atoms with Crippen LogP contribution < -0.4 is 5.32 Å². The van der Waals surface area contributed by atoms with Crippen LogP contribution in [-0.4, -0.2) is 96.2 Å². The molecule has 2 aliphatic heterocycles. The lowest BCUT2D eigenvalue weighted by Gasteiger charge is -2.33. The van der Waals surface area contributed by atoms with Crippen LogP contribution in [-0.2, 0) is 6.54 Å². The van der Waals surface area contributed by atoms with Crippen LogP contribution in [0.25, 0.3) is 0 Å². The monoisotopic (exact) mass is 391 g/mol. The minimum Gasteiger partial charge on any atom is -0.477 e. The van der Waals surface area contributed by atoms with Gasteiger partial charge in [0, 0.05) is 45.8 Å². The highest BCUT2D eigenvalue weighted by Gasteiger charge is 2.17. The molecule has 2 bridgehead atoms. The van der Waals surface area contributed by atoms with E-state index < -0.39 is 5.97 Å². The van der Waals surface area contributed by atoms with E-state index >= 15 is 0 Å². The molecule has 158 valence electrons. The second-order valence-corrected chi connectivity index (χ2v) is 7.24. The number of nitrogens with one attached hydrogen (secondary N) is 1. The molecule has 0 saturated carbocycles. The number of hydrogen-bond donors (Lipinski definition) is 2. The van der Waals surface area contributed by atoms with E-state index in [0.29, 0.717) is 0 Å². The molecule has 0 aromatic carbocycles. The first-order valence-corrected chi connectivity index (χ1v) is 10.8. The van der Waals surface area contributed by atoms with Gasteiger partial charge in [-0.2, -0.15) is 0 Å². The van der Waals surface area contributed by atoms with Gasteiger partial charge in [0.1, 0.15) is 5.69 Å². The van der Waals surface area contributed by atoms with Crippen molar-refractivity contribution in [3.8, 4) is 0 Å². The number of nitrogens with zero attached hydrogens (tertiary/aromatic N) is 4. The first kappa shape index (κ1) is 22.7. The van der Waals surface area contributed by atoms with Crippen LogP contribution in [0.5, 0.6) is 0 Å². The van der Waals surface area contributed by atoms with Crippen LogP contribution in [0.15, 0.2) is 18.2 Å². The smallest absolute Gasteiger partial charge is 0.354 e. The van der Waals surface area contributed by atoms with Crippen LogP contribution in [0.3, 0.4) is 0 Å². The zero-order valence-corrected chi connectivity index (χ0v) is 17.6. The maximum atomic E-state index is 11.2. The predicted octanol–water partition coefficient (Wildman–Crippen LogP) is 1.61. The van der Waals surface area contributed by atoms with Gasteiger partial charge in [-0.05, 0) is 51.2 Å². The van der Waals surface area contributed by atoms with E-state index in [9.17, 15) is 4.79 Å². The molecular formula is C21H37N5O2. The molecule has 2 aliphatic rings. The molecule has 3 rings (SSSR count). The van der Waals surface area contributed by atoms with E-state index in [4.69, 9.17) is 5.11 Å². The minimum absolute atomic E-state index is 0.131. The van der Waals surface area contributed by atoms with Crippen molar-refractivity contribution < 1.29 is 9.90 Å². The van der Waals surface area contributed by atoms with E-state index in [1.165, 1.54) is 6.42 Å². The molecule has 2 atom stereocenters. The van der Waals surface area contributed by atoms with E-state index in [1.807, 2.05) is 19.9 Å². The number of rotatable bonds is 3. The lowest BCUT2D eigenvalue weighted by atomic mass is 10.2. The van der Waals surface area contributed by atoms with Gasteiger partial charge in [0.05, 0.1) is 5.69 Å². The molecule has 2 unspecified atom stereocenters. The van der Waals surface area contributed by atoms with Gasteiger partial charge in [-0.1, -0.05) is 19.9 Å². The van der Waals surface area contributed by atoms with Crippen molar-refractivity contribution >= 4 is 5.97 Å². The summed E-state index contributed by atoms with van der Waals surface area (Å²) in [6.07, 6.45) is 2.33. The number of carbonyl (C=O) groups is 1. The molecule has 7 heteroatoms. The summed E-state index contributed by atoms with van der Waals surface area (Å²) in [7, 11) is 0. The Morgan fingerprint density at radius 1 is 0.964 bits per heavy atom. The predicted molar refractivity (Wildman–Crippen MR) is 113 cm³/mol. The van der Waals surface area contributed by atoms with Crippen LogP contribution in [0, 0.1) is 0 Å². The highest BCUT2D eigenvalue weighted by molar-refractivity contribution is 5.85. The Balaban J connectivity index is 0.00000136. The fourth-order valence-electron chi connectivity index (χ4n) is 3.73. The second kappa shape index (κ2) is 12.8. The maximum absolute atomic E-state index is 11.2. The fourth-order valence-corrected chi connectivity index (χ4v) is 3.73. The summed E-state index contributed by atoms with van der Waals surface area (Å²) in [5.74, 6) is -0.960. The van der Waals surface area contributed by atoms with Crippen molar-refractivity contribution in [2.24, 2.45) is 0 Å². The van der Waals surface area contributed by atoms with Crippen molar-refractivity contribution in [1.29, 1.82) is 0 Å². The third-order valence-electron chi connectivity index (χ3n) is 5.26. The summed E-state index contributed by atoms with van der Waals surface area (Å²) in [4.78, 5) is 23.0. The minimum atomic E-state index is -0.960. The Bertz CT molecular complexity index is 584. The summed E-state index contributed by atoms with van der Waals surface area (Å²) in [6.45, 7) is 15.7. The molecule has 2 N–H and O–H groups in total. The number of fused-ring (bicyclic) bond motifs is 3. The Hall–Kier alpha value is -1.54. The van der Waals surface area contributed by atoms with Gasteiger partial charge in [0.25, 0.3) is 0 Å². The maximum Gasteiger partial charge on any atom is 0.354 e. The standard InChI is InChI=1S/C19H31N5O2.C2H6/c25-19(26)18-5-1-4-17(21-18)16-24-10-3-9-22-11-7-20-6-2-8-23(13-12-22)14-15-24;1-2/h1,4-5,20H,2-3,6-16H2,(H,25,26);1-2H3. The molecule has 0 spiro atoms. The first-order valence-electron chi connectivity index (χ1n) is 10.8. The molecule has 2 fully saturated rings. The molecule has 1 aromatic heterocycles. The average Bonchev–Trinajstić information content (AvgIpc) is 2.73. The van der Waals surface area contributed by atoms with Crippen molar-refractivity contribution in [3.63, 3.8) is 0 Å². The Morgan fingerprint density at radius 3 is 2.46 bits per heavy atom. The number of pyridine rings is 1. The topological polar surface area (TPSA) is 71.9 Å². The number of aromatic carboxylic acids is 1.